The third kappa shape index (κ3) is 4.00. The van der Waals surface area contributed by atoms with E-state index >= 15 is 0 Å². The number of benzene rings is 2. The number of aryl methyl sites for hydroxylation is 1. The van der Waals surface area contributed by atoms with Crippen molar-refractivity contribution in [2.24, 2.45) is 5.16 Å². The molecular weight excluding hydrogens is 322 g/mol. The van der Waals surface area contributed by atoms with Crippen molar-refractivity contribution in [1.82, 2.24) is 0 Å². The van der Waals surface area contributed by atoms with Crippen molar-refractivity contribution in [3.63, 3.8) is 0 Å². The Morgan fingerprint density at radius 3 is 2.96 bits per heavy atom. The van der Waals surface area contributed by atoms with Crippen LogP contribution in [0, 0.1) is 10.1 Å². The smallest absolute Gasteiger partial charge is 0.270 e. The van der Waals surface area contributed by atoms with E-state index in [-0.39, 0.29) is 18.2 Å². The molecule has 0 N–H and O–H groups in total. The molecule has 1 aliphatic heterocycles. The number of amides is 1. The molecule has 0 bridgehead atoms. The first kappa shape index (κ1) is 16.6. The zero-order valence-electron chi connectivity index (χ0n) is 13.5. The van der Waals surface area contributed by atoms with E-state index in [4.69, 9.17) is 4.84 Å². The summed E-state index contributed by atoms with van der Waals surface area (Å²) in [7, 11) is 0. The highest BCUT2D eigenvalue weighted by molar-refractivity contribution is 5.95. The number of hydrogen-bond donors (Lipinski definition) is 0. The predicted octanol–water partition coefficient (Wildman–Crippen LogP) is 2.92. The fourth-order valence-corrected chi connectivity index (χ4v) is 2.78. The van der Waals surface area contributed by atoms with Gasteiger partial charge >= 0.3 is 0 Å². The largest absolute Gasteiger partial charge is 0.386 e. The first-order chi connectivity index (χ1) is 12.1. The Hall–Kier alpha value is -3.22. The lowest BCUT2D eigenvalue weighted by Crippen LogP contribution is -2.37. The predicted molar refractivity (Wildman–Crippen MR) is 93.8 cm³/mol. The minimum atomic E-state index is -0.477. The molecule has 0 unspecified atom stereocenters. The summed E-state index contributed by atoms with van der Waals surface area (Å²) in [6, 6.07) is 13.8. The van der Waals surface area contributed by atoms with E-state index in [0.29, 0.717) is 12.1 Å². The number of anilines is 1. The number of fused-ring (bicyclic) bond motifs is 1. The SMILES string of the molecule is O=C(CO/N=C\c1cccc([N+](=O)[O-])c1)N1CCCc2ccccc21. The van der Waals surface area contributed by atoms with Crippen molar-refractivity contribution in [3.05, 3.63) is 69.8 Å². The number of carbonyl (C=O) groups is 1. The summed E-state index contributed by atoms with van der Waals surface area (Å²) in [5.41, 5.74) is 2.59. The molecule has 7 nitrogen and oxygen atoms in total. The van der Waals surface area contributed by atoms with Crippen molar-refractivity contribution < 1.29 is 14.6 Å². The molecule has 25 heavy (non-hydrogen) atoms. The van der Waals surface area contributed by atoms with Crippen molar-refractivity contribution >= 4 is 23.5 Å². The molecule has 0 aliphatic carbocycles. The standard InChI is InChI=1S/C18H17N3O4/c22-18(20-10-4-7-15-6-1-2-9-17(15)20)13-25-19-12-14-5-3-8-16(11-14)21(23)24/h1-3,5-6,8-9,11-12H,4,7,10,13H2/b19-12-. The molecule has 0 saturated heterocycles. The van der Waals surface area contributed by atoms with Gasteiger partial charge in [0.1, 0.15) is 0 Å². The lowest BCUT2D eigenvalue weighted by molar-refractivity contribution is -0.384. The number of oxime groups is 1. The summed E-state index contributed by atoms with van der Waals surface area (Å²) < 4.78 is 0. The summed E-state index contributed by atoms with van der Waals surface area (Å²) in [5, 5.41) is 14.5. The van der Waals surface area contributed by atoms with E-state index in [1.807, 2.05) is 24.3 Å². The zero-order chi connectivity index (χ0) is 17.6. The molecular formula is C18H17N3O4. The van der Waals surface area contributed by atoms with Crippen molar-refractivity contribution in [3.8, 4) is 0 Å². The molecule has 128 valence electrons. The Morgan fingerprint density at radius 1 is 1.28 bits per heavy atom. The summed E-state index contributed by atoms with van der Waals surface area (Å²) in [4.78, 5) is 29.4. The van der Waals surface area contributed by atoms with Gasteiger partial charge in [0.15, 0.2) is 6.61 Å². The van der Waals surface area contributed by atoms with Crippen LogP contribution in [-0.4, -0.2) is 30.2 Å². The highest BCUT2D eigenvalue weighted by Gasteiger charge is 2.22. The molecule has 1 heterocycles. The van der Waals surface area contributed by atoms with E-state index in [9.17, 15) is 14.9 Å². The molecule has 1 aliphatic rings. The number of para-hydroxylation sites is 1. The number of nitro benzene ring substituents is 1. The van der Waals surface area contributed by atoms with Gasteiger partial charge in [-0.05, 0) is 24.5 Å². The number of non-ortho nitro benzene ring substituents is 1. The maximum Gasteiger partial charge on any atom is 0.270 e. The quantitative estimate of drug-likeness (QED) is 0.476. The van der Waals surface area contributed by atoms with Gasteiger partial charge in [0.2, 0.25) is 0 Å². The Labute approximate surface area is 144 Å². The van der Waals surface area contributed by atoms with Gasteiger partial charge in [-0.1, -0.05) is 35.5 Å². The lowest BCUT2D eigenvalue weighted by Gasteiger charge is -2.28. The van der Waals surface area contributed by atoms with Gasteiger partial charge < -0.3 is 9.74 Å². The van der Waals surface area contributed by atoms with Crippen LogP contribution in [0.1, 0.15) is 17.5 Å². The van der Waals surface area contributed by atoms with Crippen LogP contribution in [0.2, 0.25) is 0 Å². The van der Waals surface area contributed by atoms with Gasteiger partial charge in [-0.15, -0.1) is 0 Å². The van der Waals surface area contributed by atoms with Crippen LogP contribution in [0.25, 0.3) is 0 Å². The Balaban J connectivity index is 1.58. The fourth-order valence-electron chi connectivity index (χ4n) is 2.78. The van der Waals surface area contributed by atoms with Gasteiger partial charge in [-0.2, -0.15) is 0 Å². The van der Waals surface area contributed by atoms with Gasteiger partial charge in [0.05, 0.1) is 11.1 Å². The lowest BCUT2D eigenvalue weighted by atomic mass is 10.0. The van der Waals surface area contributed by atoms with Crippen LogP contribution >= 0.6 is 0 Å². The number of carbonyl (C=O) groups excluding carboxylic acids is 1. The molecule has 0 radical (unpaired) electrons. The summed E-state index contributed by atoms with van der Waals surface area (Å²) in [5.74, 6) is -0.164. The molecule has 0 saturated carbocycles. The third-order valence-corrected chi connectivity index (χ3v) is 3.96. The molecule has 0 aromatic heterocycles. The molecule has 3 rings (SSSR count). The molecule has 0 atom stereocenters. The average molecular weight is 339 g/mol. The minimum absolute atomic E-state index is 0.0232. The van der Waals surface area contributed by atoms with E-state index in [0.717, 1.165) is 24.1 Å². The number of hydrogen-bond acceptors (Lipinski definition) is 5. The first-order valence-electron chi connectivity index (χ1n) is 7.93. The second-order valence-electron chi connectivity index (χ2n) is 5.64. The van der Waals surface area contributed by atoms with Gasteiger partial charge in [0.25, 0.3) is 11.6 Å². The van der Waals surface area contributed by atoms with E-state index in [2.05, 4.69) is 5.16 Å². The molecule has 2 aromatic rings. The topological polar surface area (TPSA) is 85.0 Å². The van der Waals surface area contributed by atoms with Crippen LogP contribution < -0.4 is 4.90 Å². The normalized spacial score (nSPS) is 13.5. The summed E-state index contributed by atoms with van der Waals surface area (Å²) >= 11 is 0. The third-order valence-electron chi connectivity index (χ3n) is 3.96. The highest BCUT2D eigenvalue weighted by atomic mass is 16.6. The van der Waals surface area contributed by atoms with E-state index in [1.165, 1.54) is 18.3 Å². The monoisotopic (exact) mass is 339 g/mol. The number of nitrogens with zero attached hydrogens (tertiary/aromatic N) is 3. The van der Waals surface area contributed by atoms with E-state index in [1.54, 1.807) is 17.0 Å². The van der Waals surface area contributed by atoms with Crippen molar-refractivity contribution in [1.29, 1.82) is 0 Å². The van der Waals surface area contributed by atoms with E-state index < -0.39 is 4.92 Å². The maximum atomic E-state index is 12.4. The fraction of sp³-hybridized carbons (Fsp3) is 0.222. The second-order valence-corrected chi connectivity index (χ2v) is 5.64. The van der Waals surface area contributed by atoms with Crippen LogP contribution in [0.4, 0.5) is 11.4 Å². The number of nitro groups is 1. The van der Waals surface area contributed by atoms with Crippen LogP contribution in [0.3, 0.4) is 0 Å². The van der Waals surface area contributed by atoms with Gasteiger partial charge in [0, 0.05) is 29.9 Å². The molecule has 1 amide bonds. The van der Waals surface area contributed by atoms with Crippen LogP contribution in [0.15, 0.2) is 53.7 Å². The van der Waals surface area contributed by atoms with Crippen molar-refractivity contribution in [2.45, 2.75) is 12.8 Å². The highest BCUT2D eigenvalue weighted by Crippen LogP contribution is 2.26. The molecule has 0 spiro atoms. The maximum absolute atomic E-state index is 12.4. The Kier molecular flexibility index (Phi) is 5.03. The molecule has 2 aromatic carbocycles. The molecule has 0 fully saturated rings. The van der Waals surface area contributed by atoms with Crippen LogP contribution in [-0.2, 0) is 16.1 Å². The Morgan fingerprint density at radius 2 is 2.12 bits per heavy atom. The minimum Gasteiger partial charge on any atom is -0.386 e. The average Bonchev–Trinajstić information content (AvgIpc) is 2.65. The van der Waals surface area contributed by atoms with Gasteiger partial charge in [-0.3, -0.25) is 14.9 Å². The summed E-state index contributed by atoms with van der Waals surface area (Å²) in [6.07, 6.45) is 3.23. The first-order valence-corrected chi connectivity index (χ1v) is 7.93. The van der Waals surface area contributed by atoms with Gasteiger partial charge in [-0.25, -0.2) is 0 Å². The summed E-state index contributed by atoms with van der Waals surface area (Å²) in [6.45, 7) is 0.480. The second kappa shape index (κ2) is 7.57. The van der Waals surface area contributed by atoms with Crippen molar-refractivity contribution in [2.75, 3.05) is 18.1 Å². The molecule has 7 heteroatoms. The van der Waals surface area contributed by atoms with Crippen LogP contribution in [0.5, 0.6) is 0 Å². The number of rotatable bonds is 5. The zero-order valence-corrected chi connectivity index (χ0v) is 13.5. The Bertz CT molecular complexity index is 819.